The van der Waals surface area contributed by atoms with Crippen LogP contribution in [0.15, 0.2) is 0 Å². The topological polar surface area (TPSA) is 204 Å². The maximum Gasteiger partial charge on any atom is 0.329 e. The van der Waals surface area contributed by atoms with E-state index in [2.05, 4.69) is 21.3 Å². The zero-order valence-corrected chi connectivity index (χ0v) is 32.9. The van der Waals surface area contributed by atoms with Crippen molar-refractivity contribution in [3.05, 3.63) is 0 Å². The summed E-state index contributed by atoms with van der Waals surface area (Å²) < 4.78 is 16.3. The number of hydrogen-bond acceptors (Lipinski definition) is 10. The van der Waals surface area contributed by atoms with E-state index in [4.69, 9.17) is 19.9 Å². The van der Waals surface area contributed by atoms with E-state index in [0.717, 1.165) is 44.9 Å². The van der Waals surface area contributed by atoms with Crippen LogP contribution in [0.5, 0.6) is 0 Å². The van der Waals surface area contributed by atoms with E-state index in [1.165, 1.54) is 0 Å². The molecular formula is C37H69N5O9. The van der Waals surface area contributed by atoms with Crippen molar-refractivity contribution < 1.29 is 43.0 Å². The Morgan fingerprint density at radius 3 is 1.35 bits per heavy atom. The number of hydrogen-bond donors (Lipinski definition) is 5. The molecular weight excluding hydrogens is 658 g/mol. The molecule has 0 bridgehead atoms. The minimum Gasteiger partial charge on any atom is -0.460 e. The molecule has 0 aliphatic rings. The van der Waals surface area contributed by atoms with Crippen LogP contribution in [-0.4, -0.2) is 84.3 Å². The van der Waals surface area contributed by atoms with Gasteiger partial charge in [-0.3, -0.25) is 14.4 Å². The van der Waals surface area contributed by atoms with Crippen LogP contribution in [0.25, 0.3) is 0 Å². The normalized spacial score (nSPS) is 13.0. The number of carbonyl (C=O) groups excluding carboxylic acids is 6. The van der Waals surface area contributed by atoms with E-state index < -0.39 is 52.8 Å². The summed E-state index contributed by atoms with van der Waals surface area (Å²) in [5, 5.41) is 11.0. The minimum absolute atomic E-state index is 0.0607. The van der Waals surface area contributed by atoms with Gasteiger partial charge >= 0.3 is 23.9 Å². The Balaban J connectivity index is 4.85. The predicted octanol–water partition coefficient (Wildman–Crippen LogP) is 4.70. The summed E-state index contributed by atoms with van der Waals surface area (Å²) in [5.74, 6) is -1.89. The number of ether oxygens (including phenoxy) is 3. The highest BCUT2D eigenvalue weighted by Gasteiger charge is 2.31. The summed E-state index contributed by atoms with van der Waals surface area (Å²) in [6, 6.07) is -2.99. The summed E-state index contributed by atoms with van der Waals surface area (Å²) >= 11 is 0. The number of esters is 3. The quantitative estimate of drug-likeness (QED) is 0.0527. The Hall–Kier alpha value is -3.42. The summed E-state index contributed by atoms with van der Waals surface area (Å²) in [4.78, 5) is 75.6. The smallest absolute Gasteiger partial charge is 0.329 e. The van der Waals surface area contributed by atoms with Gasteiger partial charge in [-0.1, -0.05) is 19.3 Å². The molecule has 2 unspecified atom stereocenters. The summed E-state index contributed by atoms with van der Waals surface area (Å²) in [6.07, 6.45) is 8.13. The van der Waals surface area contributed by atoms with Gasteiger partial charge in [0.25, 0.3) is 0 Å². The first-order chi connectivity index (χ1) is 23.6. The number of amides is 4. The lowest BCUT2D eigenvalue weighted by Gasteiger charge is -2.27. The fourth-order valence-corrected chi connectivity index (χ4v) is 4.73. The van der Waals surface area contributed by atoms with Gasteiger partial charge in [-0.15, -0.1) is 0 Å². The number of carbonyl (C=O) groups is 6. The lowest BCUT2D eigenvalue weighted by atomic mass is 10.1. The van der Waals surface area contributed by atoms with Gasteiger partial charge in [0.2, 0.25) is 11.8 Å². The number of nitrogens with one attached hydrogen (secondary N) is 4. The molecule has 0 fully saturated rings. The van der Waals surface area contributed by atoms with Crippen LogP contribution in [0.3, 0.4) is 0 Å². The van der Waals surface area contributed by atoms with Crippen molar-refractivity contribution in [1.82, 2.24) is 21.3 Å². The van der Waals surface area contributed by atoms with E-state index in [-0.39, 0.29) is 31.1 Å². The first-order valence-electron chi connectivity index (χ1n) is 18.6. The highest BCUT2D eigenvalue weighted by atomic mass is 16.6. The van der Waals surface area contributed by atoms with Gasteiger partial charge in [0.1, 0.15) is 28.9 Å². The van der Waals surface area contributed by atoms with Crippen LogP contribution in [0.1, 0.15) is 152 Å². The van der Waals surface area contributed by atoms with Crippen LogP contribution < -0.4 is 27.0 Å². The SMILES string of the molecule is CC(C)(C)OC(=O)CCC(NC(=O)NC(CCCCNC(=O)CCCCCCC(=O)NCCCCCN)C(=O)OC(C)(C)C)C(=O)OC(C)(C)C. The maximum absolute atomic E-state index is 13.1. The van der Waals surface area contributed by atoms with Gasteiger partial charge in [-0.05, 0) is 120 Å². The standard InChI is InChI=1S/C37H69N5O9/c1-35(2,3)49-31(45)23-22-28(33(47)51-37(7,8)9)42-34(48)41-27(32(46)50-36(4,5)6)19-15-18-26-40-30(44)21-14-11-10-13-20-29(43)39-25-17-12-16-24-38/h27-28H,10-26,38H2,1-9H3,(H,39,43)(H,40,44)(H2,41,42,48). The molecule has 0 heterocycles. The van der Waals surface area contributed by atoms with E-state index >= 15 is 0 Å². The Kier molecular flexibility index (Phi) is 23.1. The molecule has 0 saturated carbocycles. The molecule has 0 saturated heterocycles. The summed E-state index contributed by atoms with van der Waals surface area (Å²) in [5.41, 5.74) is 3.12. The average molecular weight is 728 g/mol. The lowest BCUT2D eigenvalue weighted by Crippen LogP contribution is -2.53. The predicted molar refractivity (Wildman–Crippen MR) is 196 cm³/mol. The van der Waals surface area contributed by atoms with Crippen molar-refractivity contribution >= 4 is 35.8 Å². The molecule has 0 aromatic rings. The molecule has 296 valence electrons. The summed E-state index contributed by atoms with van der Waals surface area (Å²) in [7, 11) is 0. The van der Waals surface area contributed by atoms with E-state index in [9.17, 15) is 28.8 Å². The van der Waals surface area contributed by atoms with Gasteiger partial charge in [0.05, 0.1) is 0 Å². The Bertz CT molecular complexity index is 1080. The van der Waals surface area contributed by atoms with Gasteiger partial charge in [-0.25, -0.2) is 14.4 Å². The summed E-state index contributed by atoms with van der Waals surface area (Å²) in [6.45, 7) is 17.2. The Morgan fingerprint density at radius 2 is 0.922 bits per heavy atom. The van der Waals surface area contributed by atoms with E-state index in [1.54, 1.807) is 62.3 Å². The first kappa shape index (κ1) is 47.6. The molecule has 0 aromatic carbocycles. The third-order valence-corrected chi connectivity index (χ3v) is 7.05. The molecule has 0 aromatic heterocycles. The van der Waals surface area contributed by atoms with Crippen LogP contribution >= 0.6 is 0 Å². The van der Waals surface area contributed by atoms with Gasteiger partial charge in [0.15, 0.2) is 0 Å². The highest BCUT2D eigenvalue weighted by molar-refractivity contribution is 5.87. The number of urea groups is 1. The molecule has 0 aliphatic carbocycles. The number of rotatable bonds is 24. The van der Waals surface area contributed by atoms with Crippen molar-refractivity contribution in [2.45, 2.75) is 181 Å². The van der Waals surface area contributed by atoms with Crippen molar-refractivity contribution in [3.8, 4) is 0 Å². The van der Waals surface area contributed by atoms with Gasteiger partial charge in [0, 0.05) is 32.4 Å². The molecule has 51 heavy (non-hydrogen) atoms. The van der Waals surface area contributed by atoms with Crippen LogP contribution in [-0.2, 0) is 38.2 Å². The molecule has 0 radical (unpaired) electrons. The minimum atomic E-state index is -1.17. The average Bonchev–Trinajstić information content (AvgIpc) is 2.97. The van der Waals surface area contributed by atoms with Crippen molar-refractivity contribution in [3.63, 3.8) is 0 Å². The second kappa shape index (κ2) is 24.7. The van der Waals surface area contributed by atoms with Crippen molar-refractivity contribution in [2.75, 3.05) is 19.6 Å². The molecule has 2 atom stereocenters. The molecule has 14 heteroatoms. The molecule has 14 nitrogen and oxygen atoms in total. The van der Waals surface area contributed by atoms with Crippen molar-refractivity contribution in [1.29, 1.82) is 0 Å². The molecule has 0 rings (SSSR count). The molecule has 0 aliphatic heterocycles. The van der Waals surface area contributed by atoms with Crippen molar-refractivity contribution in [2.24, 2.45) is 5.73 Å². The first-order valence-corrected chi connectivity index (χ1v) is 18.6. The van der Waals surface area contributed by atoms with Crippen LogP contribution in [0.4, 0.5) is 4.79 Å². The fraction of sp³-hybridized carbons (Fsp3) is 0.838. The third kappa shape index (κ3) is 28.9. The monoisotopic (exact) mass is 728 g/mol. The maximum atomic E-state index is 13.1. The molecule has 6 N–H and O–H groups in total. The Morgan fingerprint density at radius 1 is 0.510 bits per heavy atom. The van der Waals surface area contributed by atoms with E-state index in [0.29, 0.717) is 45.3 Å². The van der Waals surface area contributed by atoms with Gasteiger partial charge in [-0.2, -0.15) is 0 Å². The Labute approximate surface area is 306 Å². The second-order valence-corrected chi connectivity index (χ2v) is 15.9. The lowest BCUT2D eigenvalue weighted by molar-refractivity contribution is -0.159. The van der Waals surface area contributed by atoms with Crippen LogP contribution in [0, 0.1) is 0 Å². The zero-order valence-electron chi connectivity index (χ0n) is 32.9. The third-order valence-electron chi connectivity index (χ3n) is 7.05. The van der Waals surface area contributed by atoms with Crippen LogP contribution in [0.2, 0.25) is 0 Å². The molecule has 4 amide bonds. The zero-order chi connectivity index (χ0) is 39.1. The number of nitrogens with two attached hydrogens (primary N) is 1. The highest BCUT2D eigenvalue weighted by Crippen LogP contribution is 2.15. The molecule has 0 spiro atoms. The largest absolute Gasteiger partial charge is 0.460 e. The van der Waals surface area contributed by atoms with Gasteiger partial charge < -0.3 is 41.2 Å². The number of unbranched alkanes of at least 4 members (excludes halogenated alkanes) is 6. The second-order valence-electron chi connectivity index (χ2n) is 15.9. The van der Waals surface area contributed by atoms with E-state index in [1.807, 2.05) is 0 Å². The fourth-order valence-electron chi connectivity index (χ4n) is 4.73.